The van der Waals surface area contributed by atoms with E-state index >= 15 is 0 Å². The number of aliphatic carboxylic acids is 1. The van der Waals surface area contributed by atoms with E-state index in [9.17, 15) is 9.59 Å². The molecule has 0 spiro atoms. The van der Waals surface area contributed by atoms with Gasteiger partial charge < -0.3 is 15.7 Å². The second-order valence-corrected chi connectivity index (χ2v) is 4.51. The lowest BCUT2D eigenvalue weighted by atomic mass is 9.99. The second kappa shape index (κ2) is 6.77. The maximum absolute atomic E-state index is 11.6. The first-order valence-corrected chi connectivity index (χ1v) is 6.19. The average Bonchev–Trinajstić information content (AvgIpc) is 2.78. The minimum atomic E-state index is -1.03. The average molecular weight is 268 g/mol. The molecule has 106 valence electrons. The van der Waals surface area contributed by atoms with Gasteiger partial charge in [0.05, 0.1) is 12.2 Å². The van der Waals surface area contributed by atoms with E-state index in [4.69, 9.17) is 5.11 Å². The fourth-order valence-corrected chi connectivity index (χ4v) is 1.60. The molecule has 0 saturated carbocycles. The van der Waals surface area contributed by atoms with Gasteiger partial charge in [0.15, 0.2) is 0 Å². The number of nitrogens with zero attached hydrogens (tertiary/aromatic N) is 2. The maximum Gasteiger partial charge on any atom is 0.326 e. The highest BCUT2D eigenvalue weighted by molar-refractivity contribution is 5.82. The van der Waals surface area contributed by atoms with Gasteiger partial charge in [-0.25, -0.2) is 9.59 Å². The minimum Gasteiger partial charge on any atom is -0.480 e. The lowest BCUT2D eigenvalue weighted by molar-refractivity contribution is -0.140. The molecule has 1 aromatic heterocycles. The molecule has 2 atom stereocenters. The van der Waals surface area contributed by atoms with Gasteiger partial charge in [0.25, 0.3) is 0 Å². The van der Waals surface area contributed by atoms with E-state index < -0.39 is 18.0 Å². The van der Waals surface area contributed by atoms with Crippen LogP contribution < -0.4 is 10.6 Å². The molecule has 0 saturated heterocycles. The summed E-state index contributed by atoms with van der Waals surface area (Å²) in [6.45, 7) is 3.94. The molecular weight excluding hydrogens is 248 g/mol. The molecule has 0 aliphatic heterocycles. The number of carbonyl (C=O) groups is 2. The number of aromatic nitrogens is 2. The highest BCUT2D eigenvalue weighted by Crippen LogP contribution is 2.07. The van der Waals surface area contributed by atoms with Gasteiger partial charge in [-0.05, 0) is 12.0 Å². The van der Waals surface area contributed by atoms with E-state index in [0.717, 1.165) is 0 Å². The van der Waals surface area contributed by atoms with Crippen molar-refractivity contribution in [3.8, 4) is 0 Å². The van der Waals surface area contributed by atoms with Crippen molar-refractivity contribution < 1.29 is 14.7 Å². The van der Waals surface area contributed by atoms with Gasteiger partial charge in [-0.15, -0.1) is 0 Å². The van der Waals surface area contributed by atoms with Crippen molar-refractivity contribution in [1.29, 1.82) is 0 Å². The van der Waals surface area contributed by atoms with Crippen molar-refractivity contribution in [3.63, 3.8) is 0 Å². The molecule has 7 heteroatoms. The van der Waals surface area contributed by atoms with Crippen LogP contribution in [0.2, 0.25) is 0 Å². The van der Waals surface area contributed by atoms with Crippen molar-refractivity contribution in [2.75, 3.05) is 0 Å². The number of amides is 2. The van der Waals surface area contributed by atoms with Gasteiger partial charge in [-0.2, -0.15) is 5.10 Å². The smallest absolute Gasteiger partial charge is 0.326 e. The van der Waals surface area contributed by atoms with Crippen LogP contribution in [0.1, 0.15) is 26.0 Å². The Labute approximate surface area is 112 Å². The summed E-state index contributed by atoms with van der Waals surface area (Å²) in [6.07, 6.45) is 2.45. The number of hydrogen-bond acceptors (Lipinski definition) is 3. The molecule has 2 unspecified atom stereocenters. The number of urea groups is 1. The topological polar surface area (TPSA) is 96.3 Å². The lowest BCUT2D eigenvalue weighted by Gasteiger charge is -2.20. The van der Waals surface area contributed by atoms with E-state index in [0.29, 0.717) is 12.1 Å². The van der Waals surface area contributed by atoms with Gasteiger partial charge in [0, 0.05) is 13.2 Å². The van der Waals surface area contributed by atoms with Crippen LogP contribution in [0.4, 0.5) is 4.79 Å². The summed E-state index contributed by atoms with van der Waals surface area (Å²) >= 11 is 0. The van der Waals surface area contributed by atoms with Crippen LogP contribution in [0.3, 0.4) is 0 Å². The summed E-state index contributed by atoms with van der Waals surface area (Å²) in [7, 11) is 1.78. The molecule has 0 bridgehead atoms. The third kappa shape index (κ3) is 4.61. The molecule has 7 nitrogen and oxygen atoms in total. The van der Waals surface area contributed by atoms with Crippen molar-refractivity contribution in [1.82, 2.24) is 20.4 Å². The van der Waals surface area contributed by atoms with Crippen LogP contribution in [0.5, 0.6) is 0 Å². The summed E-state index contributed by atoms with van der Waals surface area (Å²) in [5.41, 5.74) is 0.716. The molecule has 1 aromatic rings. The van der Waals surface area contributed by atoms with E-state index in [1.165, 1.54) is 0 Å². The van der Waals surface area contributed by atoms with Crippen molar-refractivity contribution in [2.45, 2.75) is 32.9 Å². The Morgan fingerprint density at radius 2 is 2.21 bits per heavy atom. The molecule has 0 radical (unpaired) electrons. The summed E-state index contributed by atoms with van der Waals surface area (Å²) < 4.78 is 1.63. The number of nitrogens with one attached hydrogen (secondary N) is 2. The van der Waals surface area contributed by atoms with Crippen molar-refractivity contribution in [2.24, 2.45) is 13.0 Å². The molecule has 19 heavy (non-hydrogen) atoms. The van der Waals surface area contributed by atoms with E-state index in [2.05, 4.69) is 15.7 Å². The number of carboxylic acids is 1. The zero-order chi connectivity index (χ0) is 14.4. The summed E-state index contributed by atoms with van der Waals surface area (Å²) in [5, 5.41) is 18.2. The number of hydrogen-bond donors (Lipinski definition) is 3. The zero-order valence-electron chi connectivity index (χ0n) is 11.4. The van der Waals surface area contributed by atoms with Crippen molar-refractivity contribution in [3.05, 3.63) is 18.0 Å². The lowest BCUT2D eigenvalue weighted by Crippen LogP contribution is -2.48. The highest BCUT2D eigenvalue weighted by Gasteiger charge is 2.25. The SMILES string of the molecule is CCC(C)C(NC(=O)NCc1ccn(C)n1)C(=O)O. The number of aryl methyl sites for hydroxylation is 1. The Hall–Kier alpha value is -2.05. The van der Waals surface area contributed by atoms with Crippen LogP contribution in [0.15, 0.2) is 12.3 Å². The van der Waals surface area contributed by atoms with Crippen LogP contribution >= 0.6 is 0 Å². The fraction of sp³-hybridized carbons (Fsp3) is 0.583. The third-order valence-corrected chi connectivity index (χ3v) is 2.96. The zero-order valence-corrected chi connectivity index (χ0v) is 11.4. The Morgan fingerprint density at radius 1 is 1.53 bits per heavy atom. The first kappa shape index (κ1) is 15.0. The fourth-order valence-electron chi connectivity index (χ4n) is 1.60. The van der Waals surface area contributed by atoms with E-state index in [1.807, 2.05) is 6.92 Å². The molecule has 0 fully saturated rings. The normalized spacial score (nSPS) is 13.6. The van der Waals surface area contributed by atoms with Crippen LogP contribution in [0, 0.1) is 5.92 Å². The molecule has 0 aromatic carbocycles. The number of rotatable bonds is 6. The molecule has 0 aliphatic carbocycles. The van der Waals surface area contributed by atoms with Crippen LogP contribution in [0.25, 0.3) is 0 Å². The molecule has 1 rings (SSSR count). The van der Waals surface area contributed by atoms with Gasteiger partial charge in [0.2, 0.25) is 0 Å². The highest BCUT2D eigenvalue weighted by atomic mass is 16.4. The summed E-state index contributed by atoms with van der Waals surface area (Å²) in [6, 6.07) is 0.399. The van der Waals surface area contributed by atoms with Gasteiger partial charge in [-0.3, -0.25) is 4.68 Å². The minimum absolute atomic E-state index is 0.127. The molecule has 1 heterocycles. The predicted molar refractivity (Wildman–Crippen MR) is 69.5 cm³/mol. The van der Waals surface area contributed by atoms with Crippen molar-refractivity contribution >= 4 is 12.0 Å². The number of carboxylic acid groups (broad SMARTS) is 1. The Morgan fingerprint density at radius 3 is 2.68 bits per heavy atom. The Kier molecular flexibility index (Phi) is 5.35. The first-order valence-electron chi connectivity index (χ1n) is 6.19. The molecular formula is C12H20N4O3. The maximum atomic E-state index is 11.6. The quantitative estimate of drug-likeness (QED) is 0.708. The van der Waals surface area contributed by atoms with Gasteiger partial charge >= 0.3 is 12.0 Å². The molecule has 2 amide bonds. The van der Waals surface area contributed by atoms with E-state index in [1.54, 1.807) is 30.9 Å². The third-order valence-electron chi connectivity index (χ3n) is 2.96. The first-order chi connectivity index (χ1) is 8.93. The predicted octanol–water partition coefficient (Wildman–Crippen LogP) is 0.719. The van der Waals surface area contributed by atoms with Crippen LogP contribution in [-0.2, 0) is 18.4 Å². The summed E-state index contributed by atoms with van der Waals surface area (Å²) in [4.78, 5) is 22.7. The van der Waals surface area contributed by atoms with Gasteiger partial charge in [0.1, 0.15) is 6.04 Å². The summed E-state index contributed by atoms with van der Waals surface area (Å²) in [5.74, 6) is -1.15. The Bertz CT molecular complexity index is 444. The largest absolute Gasteiger partial charge is 0.480 e. The van der Waals surface area contributed by atoms with Gasteiger partial charge in [-0.1, -0.05) is 20.3 Å². The second-order valence-electron chi connectivity index (χ2n) is 4.51. The standard InChI is InChI=1S/C12H20N4O3/c1-4-8(2)10(11(17)18)14-12(19)13-7-9-5-6-16(3)15-9/h5-6,8,10H,4,7H2,1-3H3,(H,17,18)(H2,13,14,19). The number of carbonyl (C=O) groups excluding carboxylic acids is 1. The van der Waals surface area contributed by atoms with Crippen LogP contribution in [-0.4, -0.2) is 32.9 Å². The Balaban J connectivity index is 2.46. The van der Waals surface area contributed by atoms with E-state index in [-0.39, 0.29) is 12.5 Å². The monoisotopic (exact) mass is 268 g/mol. The molecule has 3 N–H and O–H groups in total. The molecule has 0 aliphatic rings.